The topological polar surface area (TPSA) is 85.8 Å². The number of aliphatic imine (C=N–C) groups is 1. The summed E-state index contributed by atoms with van der Waals surface area (Å²) in [6.07, 6.45) is 3.53. The van der Waals surface area contributed by atoms with E-state index in [-0.39, 0.29) is 35.8 Å². The maximum Gasteiger partial charge on any atom is 0.253 e. The zero-order chi connectivity index (χ0) is 18.9. The molecule has 0 aliphatic heterocycles. The summed E-state index contributed by atoms with van der Waals surface area (Å²) in [5.41, 5.74) is 1.73. The fourth-order valence-electron chi connectivity index (χ4n) is 2.41. The Balaban J connectivity index is 0.00000364. The number of nitrogens with zero attached hydrogens (tertiary/aromatic N) is 2. The number of halogens is 1. The van der Waals surface area contributed by atoms with E-state index in [4.69, 9.17) is 0 Å². The van der Waals surface area contributed by atoms with Crippen LogP contribution in [0.2, 0.25) is 0 Å². The molecule has 1 aliphatic rings. The minimum Gasteiger partial charge on any atom is -0.356 e. The highest BCUT2D eigenvalue weighted by molar-refractivity contribution is 14.0. The first-order valence-corrected chi connectivity index (χ1v) is 9.04. The summed E-state index contributed by atoms with van der Waals surface area (Å²) in [6.45, 7) is 1.30. The molecule has 0 unspecified atom stereocenters. The van der Waals surface area contributed by atoms with Gasteiger partial charge in [-0.05, 0) is 37.0 Å². The van der Waals surface area contributed by atoms with Crippen molar-refractivity contribution in [3.63, 3.8) is 0 Å². The van der Waals surface area contributed by atoms with Gasteiger partial charge in [-0.15, -0.1) is 24.0 Å². The second-order valence-electron chi connectivity index (χ2n) is 6.69. The molecule has 0 aromatic heterocycles. The van der Waals surface area contributed by atoms with Crippen LogP contribution in [0, 0.1) is 0 Å². The molecule has 2 amide bonds. The normalized spacial score (nSPS) is 13.4. The third kappa shape index (κ3) is 8.59. The van der Waals surface area contributed by atoms with Gasteiger partial charge in [-0.25, -0.2) is 0 Å². The molecular formula is C19H30IN5O2. The van der Waals surface area contributed by atoms with Gasteiger partial charge >= 0.3 is 0 Å². The first-order chi connectivity index (χ1) is 12.5. The maximum atomic E-state index is 11.9. The van der Waals surface area contributed by atoms with Crippen LogP contribution in [0.5, 0.6) is 0 Å². The van der Waals surface area contributed by atoms with Crippen LogP contribution in [0.3, 0.4) is 0 Å². The average Bonchev–Trinajstić information content (AvgIpc) is 3.44. The SMILES string of the molecule is CN=C(NCCCC(=O)NC1CC1)NCc1ccc(C(=O)N(C)C)cc1.I. The number of carbonyl (C=O) groups excluding carboxylic acids is 2. The number of hydrogen-bond acceptors (Lipinski definition) is 3. The molecule has 0 radical (unpaired) electrons. The van der Waals surface area contributed by atoms with Crippen LogP contribution in [-0.2, 0) is 11.3 Å². The van der Waals surface area contributed by atoms with E-state index in [1.807, 2.05) is 24.3 Å². The second kappa shape index (κ2) is 11.8. The van der Waals surface area contributed by atoms with Crippen molar-refractivity contribution in [1.82, 2.24) is 20.9 Å². The first kappa shape index (κ1) is 23.2. The first-order valence-electron chi connectivity index (χ1n) is 9.04. The number of hydrogen-bond donors (Lipinski definition) is 3. The highest BCUT2D eigenvalue weighted by Gasteiger charge is 2.22. The van der Waals surface area contributed by atoms with Gasteiger partial charge in [-0.2, -0.15) is 0 Å². The molecule has 1 aromatic carbocycles. The average molecular weight is 487 g/mol. The Morgan fingerprint density at radius 2 is 1.81 bits per heavy atom. The third-order valence-electron chi connectivity index (χ3n) is 4.11. The van der Waals surface area contributed by atoms with Crippen molar-refractivity contribution in [2.45, 2.75) is 38.3 Å². The molecule has 1 fully saturated rings. The Morgan fingerprint density at radius 3 is 2.37 bits per heavy atom. The van der Waals surface area contributed by atoms with E-state index in [0.29, 0.717) is 37.1 Å². The number of benzene rings is 1. The lowest BCUT2D eigenvalue weighted by Gasteiger charge is -2.13. The largest absolute Gasteiger partial charge is 0.356 e. The van der Waals surface area contributed by atoms with Crippen molar-refractivity contribution in [3.05, 3.63) is 35.4 Å². The third-order valence-corrected chi connectivity index (χ3v) is 4.11. The van der Waals surface area contributed by atoms with Gasteiger partial charge in [-0.1, -0.05) is 12.1 Å². The Bertz CT molecular complexity index is 642. The standard InChI is InChI=1S/C19H29N5O2.HI/c1-20-19(21-12-4-5-17(25)23-16-10-11-16)22-13-14-6-8-15(9-7-14)18(26)24(2)3;/h6-9,16H,4-5,10-13H2,1-3H3,(H,23,25)(H2,20,21,22);1H. The fourth-order valence-corrected chi connectivity index (χ4v) is 2.41. The van der Waals surface area contributed by atoms with Gasteiger partial charge < -0.3 is 20.9 Å². The minimum absolute atomic E-state index is 0. The van der Waals surface area contributed by atoms with Crippen LogP contribution >= 0.6 is 24.0 Å². The van der Waals surface area contributed by atoms with Crippen molar-refractivity contribution >= 4 is 41.8 Å². The van der Waals surface area contributed by atoms with Gasteiger partial charge in [0.05, 0.1) is 0 Å². The van der Waals surface area contributed by atoms with Crippen molar-refractivity contribution in [2.75, 3.05) is 27.7 Å². The molecule has 150 valence electrons. The van der Waals surface area contributed by atoms with Gasteiger partial charge in [-0.3, -0.25) is 14.6 Å². The van der Waals surface area contributed by atoms with Crippen LogP contribution in [0.25, 0.3) is 0 Å². The lowest BCUT2D eigenvalue weighted by molar-refractivity contribution is -0.121. The van der Waals surface area contributed by atoms with E-state index in [0.717, 1.165) is 24.8 Å². The summed E-state index contributed by atoms with van der Waals surface area (Å²) in [5, 5.41) is 9.42. The molecule has 3 N–H and O–H groups in total. The molecule has 2 rings (SSSR count). The number of rotatable bonds is 8. The summed E-state index contributed by atoms with van der Waals surface area (Å²) >= 11 is 0. The summed E-state index contributed by atoms with van der Waals surface area (Å²) in [5.74, 6) is 0.818. The van der Waals surface area contributed by atoms with E-state index in [1.54, 1.807) is 26.0 Å². The molecule has 8 heteroatoms. The molecule has 0 spiro atoms. The summed E-state index contributed by atoms with van der Waals surface area (Å²) < 4.78 is 0. The highest BCUT2D eigenvalue weighted by atomic mass is 127. The van der Waals surface area contributed by atoms with Gasteiger partial charge in [0.1, 0.15) is 0 Å². The van der Waals surface area contributed by atoms with Crippen LogP contribution in [0.1, 0.15) is 41.6 Å². The molecule has 1 saturated carbocycles. The van der Waals surface area contributed by atoms with Gasteiger partial charge in [0, 0.05) is 52.3 Å². The van der Waals surface area contributed by atoms with Crippen molar-refractivity contribution in [3.8, 4) is 0 Å². The number of carbonyl (C=O) groups is 2. The minimum atomic E-state index is -0.00675. The monoisotopic (exact) mass is 487 g/mol. The smallest absolute Gasteiger partial charge is 0.253 e. The fraction of sp³-hybridized carbons (Fsp3) is 0.526. The van der Waals surface area contributed by atoms with Crippen LogP contribution in [0.15, 0.2) is 29.3 Å². The maximum absolute atomic E-state index is 11.9. The van der Waals surface area contributed by atoms with Crippen molar-refractivity contribution in [1.29, 1.82) is 0 Å². The van der Waals surface area contributed by atoms with E-state index < -0.39 is 0 Å². The van der Waals surface area contributed by atoms with Crippen molar-refractivity contribution < 1.29 is 9.59 Å². The summed E-state index contributed by atoms with van der Waals surface area (Å²) in [7, 11) is 5.19. The van der Waals surface area contributed by atoms with Gasteiger partial charge in [0.15, 0.2) is 5.96 Å². The molecule has 1 aliphatic carbocycles. The van der Waals surface area contributed by atoms with Crippen LogP contribution in [-0.4, -0.2) is 56.4 Å². The van der Waals surface area contributed by atoms with E-state index in [2.05, 4.69) is 20.9 Å². The molecule has 0 saturated heterocycles. The van der Waals surface area contributed by atoms with Crippen molar-refractivity contribution in [2.24, 2.45) is 4.99 Å². The van der Waals surface area contributed by atoms with Gasteiger partial charge in [0.25, 0.3) is 5.91 Å². The second-order valence-corrected chi connectivity index (χ2v) is 6.69. The Hall–Kier alpha value is -1.84. The predicted octanol–water partition coefficient (Wildman–Crippen LogP) is 1.73. The molecule has 0 atom stereocenters. The zero-order valence-electron chi connectivity index (χ0n) is 16.2. The lowest BCUT2D eigenvalue weighted by atomic mass is 10.1. The molecular weight excluding hydrogens is 457 g/mol. The molecule has 0 bridgehead atoms. The Kier molecular flexibility index (Phi) is 10.1. The lowest BCUT2D eigenvalue weighted by Crippen LogP contribution is -2.37. The van der Waals surface area contributed by atoms with Gasteiger partial charge in [0.2, 0.25) is 5.91 Å². The van der Waals surface area contributed by atoms with Crippen LogP contribution in [0.4, 0.5) is 0 Å². The molecule has 27 heavy (non-hydrogen) atoms. The predicted molar refractivity (Wildman–Crippen MR) is 118 cm³/mol. The molecule has 1 aromatic rings. The number of amides is 2. The summed E-state index contributed by atoms with van der Waals surface area (Å²) in [6, 6.07) is 7.94. The highest BCUT2D eigenvalue weighted by Crippen LogP contribution is 2.18. The molecule has 0 heterocycles. The van der Waals surface area contributed by atoms with E-state index in [1.165, 1.54) is 0 Å². The number of guanidine groups is 1. The molecule has 7 nitrogen and oxygen atoms in total. The number of nitrogens with one attached hydrogen (secondary N) is 3. The van der Waals surface area contributed by atoms with Crippen LogP contribution < -0.4 is 16.0 Å². The quantitative estimate of drug-likeness (QED) is 0.226. The van der Waals surface area contributed by atoms with E-state index in [9.17, 15) is 9.59 Å². The zero-order valence-corrected chi connectivity index (χ0v) is 18.6. The van der Waals surface area contributed by atoms with E-state index >= 15 is 0 Å². The Morgan fingerprint density at radius 1 is 1.15 bits per heavy atom. The Labute approximate surface area is 178 Å². The summed E-state index contributed by atoms with van der Waals surface area (Å²) in [4.78, 5) is 29.2.